The molecule has 1 aliphatic rings. The number of imidazole rings is 1. The molecular formula is C21H20ClN5OS. The largest absolute Gasteiger partial charge is 0.344 e. The van der Waals surface area contributed by atoms with Gasteiger partial charge in [-0.3, -0.25) is 4.57 Å². The first-order valence-electron chi connectivity index (χ1n) is 9.63. The number of H-pyrrole nitrogens is 1. The van der Waals surface area contributed by atoms with Crippen molar-refractivity contribution in [3.05, 3.63) is 75.4 Å². The summed E-state index contributed by atoms with van der Waals surface area (Å²) < 4.78 is 4.01. The van der Waals surface area contributed by atoms with E-state index in [2.05, 4.69) is 33.8 Å². The van der Waals surface area contributed by atoms with Gasteiger partial charge >= 0.3 is 5.69 Å². The Morgan fingerprint density at radius 2 is 2.03 bits per heavy atom. The van der Waals surface area contributed by atoms with Gasteiger partial charge in [0, 0.05) is 17.6 Å². The van der Waals surface area contributed by atoms with Gasteiger partial charge in [-0.25, -0.2) is 14.9 Å². The zero-order valence-corrected chi connectivity index (χ0v) is 17.5. The predicted molar refractivity (Wildman–Crippen MR) is 116 cm³/mol. The SMILES string of the molecule is C[C@@H](Sc1n[nH]c(=O)n1C1CC1)c1nc2cc(Cl)ccc2n1Cc1ccccc1. The van der Waals surface area contributed by atoms with Crippen molar-refractivity contribution in [3.8, 4) is 0 Å². The molecule has 1 aliphatic carbocycles. The van der Waals surface area contributed by atoms with E-state index in [1.807, 2.05) is 36.4 Å². The zero-order chi connectivity index (χ0) is 20.0. The van der Waals surface area contributed by atoms with Crippen molar-refractivity contribution in [1.29, 1.82) is 0 Å². The fraction of sp³-hybridized carbons (Fsp3) is 0.286. The van der Waals surface area contributed by atoms with Crippen LogP contribution >= 0.6 is 23.4 Å². The van der Waals surface area contributed by atoms with Crippen LogP contribution in [0.25, 0.3) is 11.0 Å². The minimum Gasteiger partial charge on any atom is -0.323 e. The third-order valence-electron chi connectivity index (χ3n) is 5.15. The number of aromatic nitrogens is 5. The second-order valence-corrected chi connectivity index (χ2v) is 9.09. The van der Waals surface area contributed by atoms with E-state index in [-0.39, 0.29) is 17.0 Å². The number of fused-ring (bicyclic) bond motifs is 1. The first kappa shape index (κ1) is 18.5. The number of benzene rings is 2. The Balaban J connectivity index is 1.54. The van der Waals surface area contributed by atoms with Crippen LogP contribution in [0.2, 0.25) is 5.02 Å². The summed E-state index contributed by atoms with van der Waals surface area (Å²) in [5.74, 6) is 0.939. The Hall–Kier alpha value is -2.51. The van der Waals surface area contributed by atoms with Gasteiger partial charge < -0.3 is 4.57 Å². The lowest BCUT2D eigenvalue weighted by Gasteiger charge is -2.15. The second-order valence-electron chi connectivity index (χ2n) is 7.35. The fourth-order valence-corrected chi connectivity index (χ4v) is 4.81. The van der Waals surface area contributed by atoms with Crippen LogP contribution < -0.4 is 5.69 Å². The van der Waals surface area contributed by atoms with E-state index in [0.717, 1.165) is 41.4 Å². The van der Waals surface area contributed by atoms with E-state index >= 15 is 0 Å². The highest BCUT2D eigenvalue weighted by molar-refractivity contribution is 7.99. The number of halogens is 1. The summed E-state index contributed by atoms with van der Waals surface area (Å²) in [6, 6.07) is 16.4. The number of thioether (sulfide) groups is 1. The normalized spacial score (nSPS) is 15.1. The predicted octanol–water partition coefficient (Wildman–Crippen LogP) is 4.81. The van der Waals surface area contributed by atoms with Gasteiger partial charge in [0.2, 0.25) is 0 Å². The molecule has 1 N–H and O–H groups in total. The molecule has 2 aromatic heterocycles. The van der Waals surface area contributed by atoms with Crippen LogP contribution in [0.1, 0.15) is 42.4 Å². The number of rotatable bonds is 6. The first-order valence-corrected chi connectivity index (χ1v) is 10.9. The maximum absolute atomic E-state index is 12.1. The minimum absolute atomic E-state index is 0.0117. The summed E-state index contributed by atoms with van der Waals surface area (Å²) in [5.41, 5.74) is 2.99. The molecule has 4 aromatic rings. The summed E-state index contributed by atoms with van der Waals surface area (Å²) in [7, 11) is 0. The van der Waals surface area contributed by atoms with Crippen molar-refractivity contribution >= 4 is 34.4 Å². The van der Waals surface area contributed by atoms with E-state index < -0.39 is 0 Å². The van der Waals surface area contributed by atoms with Crippen molar-refractivity contribution in [2.75, 3.05) is 0 Å². The van der Waals surface area contributed by atoms with Crippen molar-refractivity contribution in [2.24, 2.45) is 0 Å². The maximum atomic E-state index is 12.1. The monoisotopic (exact) mass is 425 g/mol. The van der Waals surface area contributed by atoms with E-state index in [0.29, 0.717) is 5.02 Å². The van der Waals surface area contributed by atoms with Gasteiger partial charge in [-0.15, -0.1) is 5.10 Å². The van der Waals surface area contributed by atoms with Crippen molar-refractivity contribution in [1.82, 2.24) is 24.3 Å². The molecule has 29 heavy (non-hydrogen) atoms. The molecule has 0 unspecified atom stereocenters. The standard InChI is InChI=1S/C21H20ClN5OS/c1-13(29-21-25-24-20(28)27(21)16-8-9-16)19-23-17-11-15(22)7-10-18(17)26(19)12-14-5-3-2-4-6-14/h2-7,10-11,13,16H,8-9,12H2,1H3,(H,24,28)/t13-/m1/s1. The number of hydrogen-bond acceptors (Lipinski definition) is 4. The Morgan fingerprint density at radius 3 is 2.79 bits per heavy atom. The Labute approximate surface area is 176 Å². The van der Waals surface area contributed by atoms with E-state index in [1.54, 1.807) is 16.3 Å². The molecule has 1 saturated carbocycles. The van der Waals surface area contributed by atoms with Gasteiger partial charge in [-0.2, -0.15) is 0 Å². The highest BCUT2D eigenvalue weighted by Gasteiger charge is 2.30. The molecular weight excluding hydrogens is 406 g/mol. The smallest absolute Gasteiger partial charge is 0.323 e. The lowest BCUT2D eigenvalue weighted by Crippen LogP contribution is -2.16. The van der Waals surface area contributed by atoms with E-state index in [4.69, 9.17) is 16.6 Å². The summed E-state index contributed by atoms with van der Waals surface area (Å²) >= 11 is 7.77. The van der Waals surface area contributed by atoms with E-state index in [1.165, 1.54) is 5.56 Å². The summed E-state index contributed by atoms with van der Waals surface area (Å²) in [5, 5.41) is 8.26. The van der Waals surface area contributed by atoms with Crippen LogP contribution in [0.4, 0.5) is 0 Å². The summed E-state index contributed by atoms with van der Waals surface area (Å²) in [6.07, 6.45) is 2.07. The Bertz CT molecular complexity index is 1230. The number of aromatic amines is 1. The van der Waals surface area contributed by atoms with Crippen LogP contribution in [0.5, 0.6) is 0 Å². The first-order chi connectivity index (χ1) is 14.1. The summed E-state index contributed by atoms with van der Waals surface area (Å²) in [4.78, 5) is 17.0. The lowest BCUT2D eigenvalue weighted by molar-refractivity contribution is 0.640. The Kier molecular flexibility index (Phi) is 4.72. The molecule has 0 saturated heterocycles. The summed E-state index contributed by atoms with van der Waals surface area (Å²) in [6.45, 7) is 2.82. The van der Waals surface area contributed by atoms with Gasteiger partial charge in [0.15, 0.2) is 5.16 Å². The average Bonchev–Trinajstić information content (AvgIpc) is 3.40. The molecule has 1 atom stereocenters. The topological polar surface area (TPSA) is 68.5 Å². The van der Waals surface area contributed by atoms with Crippen LogP contribution in [-0.4, -0.2) is 24.3 Å². The second kappa shape index (κ2) is 7.39. The zero-order valence-electron chi connectivity index (χ0n) is 15.9. The van der Waals surface area contributed by atoms with Crippen molar-refractivity contribution in [2.45, 2.75) is 42.8 Å². The molecule has 0 spiro atoms. The van der Waals surface area contributed by atoms with Crippen LogP contribution in [0, 0.1) is 0 Å². The molecule has 1 fully saturated rings. The quantitative estimate of drug-likeness (QED) is 0.450. The molecule has 5 rings (SSSR count). The number of hydrogen-bond donors (Lipinski definition) is 1. The highest BCUT2D eigenvalue weighted by atomic mass is 35.5. The van der Waals surface area contributed by atoms with Gasteiger partial charge in [0.1, 0.15) is 5.82 Å². The van der Waals surface area contributed by atoms with E-state index in [9.17, 15) is 4.79 Å². The lowest BCUT2D eigenvalue weighted by atomic mass is 10.2. The van der Waals surface area contributed by atoms with Gasteiger partial charge in [0.05, 0.1) is 16.3 Å². The van der Waals surface area contributed by atoms with Gasteiger partial charge in [-0.1, -0.05) is 53.7 Å². The van der Waals surface area contributed by atoms with Crippen molar-refractivity contribution in [3.63, 3.8) is 0 Å². The molecule has 0 bridgehead atoms. The molecule has 0 amide bonds. The average molecular weight is 426 g/mol. The molecule has 6 nitrogen and oxygen atoms in total. The van der Waals surface area contributed by atoms with Crippen molar-refractivity contribution < 1.29 is 0 Å². The van der Waals surface area contributed by atoms with Crippen LogP contribution in [0.3, 0.4) is 0 Å². The van der Waals surface area contributed by atoms with Crippen LogP contribution in [0.15, 0.2) is 58.5 Å². The molecule has 0 radical (unpaired) electrons. The number of nitrogens with one attached hydrogen (secondary N) is 1. The Morgan fingerprint density at radius 1 is 1.24 bits per heavy atom. The fourth-order valence-electron chi connectivity index (χ4n) is 3.60. The molecule has 0 aliphatic heterocycles. The minimum atomic E-state index is -0.133. The molecule has 2 heterocycles. The maximum Gasteiger partial charge on any atom is 0.344 e. The van der Waals surface area contributed by atoms with Crippen LogP contribution in [-0.2, 0) is 6.54 Å². The number of nitrogens with zero attached hydrogens (tertiary/aromatic N) is 4. The third kappa shape index (κ3) is 3.60. The molecule has 148 valence electrons. The molecule has 8 heteroatoms. The molecule has 2 aromatic carbocycles. The third-order valence-corrected chi connectivity index (χ3v) is 6.45. The van der Waals surface area contributed by atoms with Gasteiger partial charge in [0.25, 0.3) is 0 Å². The van der Waals surface area contributed by atoms with Gasteiger partial charge in [-0.05, 0) is 43.5 Å². The highest BCUT2D eigenvalue weighted by Crippen LogP contribution is 2.40.